The second-order valence-corrected chi connectivity index (χ2v) is 6.20. The van der Waals surface area contributed by atoms with Gasteiger partial charge >= 0.3 is 6.03 Å². The van der Waals surface area contributed by atoms with Crippen LogP contribution in [-0.2, 0) is 11.3 Å². The molecule has 3 amide bonds. The van der Waals surface area contributed by atoms with Crippen molar-refractivity contribution < 1.29 is 9.59 Å². The molecule has 2 rings (SSSR count). The van der Waals surface area contributed by atoms with Crippen molar-refractivity contribution in [2.24, 2.45) is 5.92 Å². The van der Waals surface area contributed by atoms with Gasteiger partial charge in [-0.2, -0.15) is 0 Å². The molecule has 3 N–H and O–H groups in total. The highest BCUT2D eigenvalue weighted by molar-refractivity contribution is 5.89. The normalized spacial score (nSPS) is 16.9. The van der Waals surface area contributed by atoms with Gasteiger partial charge in [0.05, 0.1) is 0 Å². The monoisotopic (exact) mass is 318 g/mol. The van der Waals surface area contributed by atoms with Crippen molar-refractivity contribution >= 4 is 17.6 Å². The SMILES string of the molecule is CN(C)C(=O)Nc1cccc(CNC(=O)CCC2CCNC2)c1. The zero-order chi connectivity index (χ0) is 16.7. The maximum absolute atomic E-state index is 11.9. The maximum Gasteiger partial charge on any atom is 0.321 e. The molecule has 6 nitrogen and oxygen atoms in total. The van der Waals surface area contributed by atoms with E-state index >= 15 is 0 Å². The van der Waals surface area contributed by atoms with Crippen LogP contribution in [0.1, 0.15) is 24.8 Å². The average molecular weight is 318 g/mol. The van der Waals surface area contributed by atoms with Gasteiger partial charge in [0.2, 0.25) is 5.91 Å². The summed E-state index contributed by atoms with van der Waals surface area (Å²) < 4.78 is 0. The molecule has 1 atom stereocenters. The Kier molecular flexibility index (Phi) is 6.40. The van der Waals surface area contributed by atoms with Crippen molar-refractivity contribution in [2.45, 2.75) is 25.8 Å². The van der Waals surface area contributed by atoms with Crippen molar-refractivity contribution in [1.82, 2.24) is 15.5 Å². The van der Waals surface area contributed by atoms with Crippen molar-refractivity contribution in [3.05, 3.63) is 29.8 Å². The Morgan fingerprint density at radius 3 is 2.87 bits per heavy atom. The van der Waals surface area contributed by atoms with Gasteiger partial charge in [0.15, 0.2) is 0 Å². The Morgan fingerprint density at radius 1 is 1.35 bits per heavy atom. The van der Waals surface area contributed by atoms with Crippen molar-refractivity contribution in [1.29, 1.82) is 0 Å². The van der Waals surface area contributed by atoms with Crippen LogP contribution in [0.3, 0.4) is 0 Å². The molecule has 1 heterocycles. The molecule has 23 heavy (non-hydrogen) atoms. The van der Waals surface area contributed by atoms with E-state index in [4.69, 9.17) is 0 Å². The van der Waals surface area contributed by atoms with Gasteiger partial charge in [-0.1, -0.05) is 12.1 Å². The first-order chi connectivity index (χ1) is 11.0. The van der Waals surface area contributed by atoms with Crippen LogP contribution in [-0.4, -0.2) is 44.0 Å². The van der Waals surface area contributed by atoms with Gasteiger partial charge in [0.1, 0.15) is 0 Å². The first-order valence-corrected chi connectivity index (χ1v) is 8.09. The maximum atomic E-state index is 11.9. The van der Waals surface area contributed by atoms with E-state index in [1.54, 1.807) is 14.1 Å². The minimum atomic E-state index is -0.170. The number of amides is 3. The van der Waals surface area contributed by atoms with Gasteiger partial charge in [-0.15, -0.1) is 0 Å². The third kappa shape index (κ3) is 5.90. The quantitative estimate of drug-likeness (QED) is 0.748. The van der Waals surface area contributed by atoms with E-state index in [1.165, 1.54) is 11.3 Å². The Bertz CT molecular complexity index is 539. The van der Waals surface area contributed by atoms with Crippen LogP contribution in [0.4, 0.5) is 10.5 Å². The average Bonchev–Trinajstić information content (AvgIpc) is 3.04. The zero-order valence-electron chi connectivity index (χ0n) is 13.9. The molecule has 1 aliphatic heterocycles. The smallest absolute Gasteiger partial charge is 0.321 e. The summed E-state index contributed by atoms with van der Waals surface area (Å²) in [5, 5.41) is 9.06. The van der Waals surface area contributed by atoms with Gasteiger partial charge in [-0.25, -0.2) is 4.79 Å². The van der Waals surface area contributed by atoms with Crippen LogP contribution in [0.25, 0.3) is 0 Å². The first-order valence-electron chi connectivity index (χ1n) is 8.09. The Morgan fingerprint density at radius 2 is 2.17 bits per heavy atom. The van der Waals surface area contributed by atoms with E-state index in [0.29, 0.717) is 18.9 Å². The number of carbonyl (C=O) groups excluding carboxylic acids is 2. The minimum absolute atomic E-state index is 0.0830. The molecule has 0 spiro atoms. The van der Waals surface area contributed by atoms with Gasteiger partial charge in [0.25, 0.3) is 0 Å². The fourth-order valence-corrected chi connectivity index (χ4v) is 2.58. The molecule has 1 unspecified atom stereocenters. The summed E-state index contributed by atoms with van der Waals surface area (Å²) in [6.07, 6.45) is 2.68. The van der Waals surface area contributed by atoms with Crippen molar-refractivity contribution in [3.8, 4) is 0 Å². The first kappa shape index (κ1) is 17.3. The lowest BCUT2D eigenvalue weighted by atomic mass is 10.0. The van der Waals surface area contributed by atoms with E-state index < -0.39 is 0 Å². The number of urea groups is 1. The lowest BCUT2D eigenvalue weighted by Gasteiger charge is -2.13. The summed E-state index contributed by atoms with van der Waals surface area (Å²) >= 11 is 0. The number of carbonyl (C=O) groups is 2. The van der Waals surface area contributed by atoms with Crippen LogP contribution < -0.4 is 16.0 Å². The molecular weight excluding hydrogens is 292 g/mol. The van der Waals surface area contributed by atoms with Crippen LogP contribution in [0.5, 0.6) is 0 Å². The fraction of sp³-hybridized carbons (Fsp3) is 0.529. The highest BCUT2D eigenvalue weighted by Crippen LogP contribution is 2.14. The van der Waals surface area contributed by atoms with Crippen LogP contribution >= 0.6 is 0 Å². The predicted molar refractivity (Wildman–Crippen MR) is 91.2 cm³/mol. The van der Waals surface area contributed by atoms with E-state index in [1.807, 2.05) is 24.3 Å². The summed E-state index contributed by atoms with van der Waals surface area (Å²) in [7, 11) is 3.39. The van der Waals surface area contributed by atoms with Gasteiger partial charge in [-0.3, -0.25) is 4.79 Å². The molecule has 0 aromatic heterocycles. The molecule has 6 heteroatoms. The number of nitrogens with zero attached hydrogens (tertiary/aromatic N) is 1. The van der Waals surface area contributed by atoms with E-state index in [-0.39, 0.29) is 11.9 Å². The predicted octanol–water partition coefficient (Wildman–Crippen LogP) is 1.79. The topological polar surface area (TPSA) is 73.5 Å². The van der Waals surface area contributed by atoms with Gasteiger partial charge in [-0.05, 0) is 49.5 Å². The van der Waals surface area contributed by atoms with Crippen LogP contribution in [0.15, 0.2) is 24.3 Å². The number of hydrogen-bond donors (Lipinski definition) is 3. The molecule has 1 saturated heterocycles. The molecule has 0 saturated carbocycles. The van der Waals surface area contributed by atoms with E-state index in [0.717, 1.165) is 30.8 Å². The number of nitrogens with one attached hydrogen (secondary N) is 3. The number of anilines is 1. The highest BCUT2D eigenvalue weighted by Gasteiger charge is 2.15. The number of rotatable bonds is 6. The van der Waals surface area contributed by atoms with Gasteiger partial charge in [0, 0.05) is 32.7 Å². The van der Waals surface area contributed by atoms with E-state index in [9.17, 15) is 9.59 Å². The molecule has 1 aliphatic rings. The Labute approximate surface area is 137 Å². The molecule has 1 aromatic rings. The molecular formula is C17H26N4O2. The second-order valence-electron chi connectivity index (χ2n) is 6.20. The summed E-state index contributed by atoms with van der Waals surface area (Å²) in [5.74, 6) is 0.713. The van der Waals surface area contributed by atoms with Crippen LogP contribution in [0.2, 0.25) is 0 Å². The molecule has 0 radical (unpaired) electrons. The fourth-order valence-electron chi connectivity index (χ4n) is 2.58. The largest absolute Gasteiger partial charge is 0.352 e. The standard InChI is InChI=1S/C17H26N4O2/c1-21(2)17(23)20-15-5-3-4-14(10-15)12-19-16(22)7-6-13-8-9-18-11-13/h3-5,10,13,18H,6-9,11-12H2,1-2H3,(H,19,22)(H,20,23). The third-order valence-electron chi connectivity index (χ3n) is 4.02. The Hall–Kier alpha value is -2.08. The minimum Gasteiger partial charge on any atom is -0.352 e. The molecule has 0 aliphatic carbocycles. The zero-order valence-corrected chi connectivity index (χ0v) is 13.9. The number of hydrogen-bond acceptors (Lipinski definition) is 3. The van der Waals surface area contributed by atoms with Crippen molar-refractivity contribution in [3.63, 3.8) is 0 Å². The van der Waals surface area contributed by atoms with E-state index in [2.05, 4.69) is 16.0 Å². The Balaban J connectivity index is 1.76. The molecule has 1 aromatic carbocycles. The summed E-state index contributed by atoms with van der Waals surface area (Å²) in [5.41, 5.74) is 1.70. The third-order valence-corrected chi connectivity index (χ3v) is 4.02. The van der Waals surface area contributed by atoms with Crippen molar-refractivity contribution in [2.75, 3.05) is 32.5 Å². The van der Waals surface area contributed by atoms with Crippen LogP contribution in [0, 0.1) is 5.92 Å². The highest BCUT2D eigenvalue weighted by atomic mass is 16.2. The van der Waals surface area contributed by atoms with Gasteiger partial charge < -0.3 is 20.9 Å². The summed E-state index contributed by atoms with van der Waals surface area (Å²) in [6.45, 7) is 2.58. The lowest BCUT2D eigenvalue weighted by molar-refractivity contribution is -0.121. The molecule has 1 fully saturated rings. The summed E-state index contributed by atoms with van der Waals surface area (Å²) in [6, 6.07) is 7.35. The second kappa shape index (κ2) is 8.53. The number of benzene rings is 1. The lowest BCUT2D eigenvalue weighted by Crippen LogP contribution is -2.27. The molecule has 0 bridgehead atoms. The summed E-state index contributed by atoms with van der Waals surface area (Å²) in [4.78, 5) is 25.0. The molecule has 126 valence electrons.